The predicted molar refractivity (Wildman–Crippen MR) is 70.9 cm³/mol. The number of nitrogens with two attached hydrogens (primary N) is 1. The van der Waals surface area contributed by atoms with E-state index in [1.807, 2.05) is 17.9 Å². The van der Waals surface area contributed by atoms with Gasteiger partial charge in [-0.25, -0.2) is 0 Å². The summed E-state index contributed by atoms with van der Waals surface area (Å²) in [7, 11) is 1.97. The van der Waals surface area contributed by atoms with Crippen molar-refractivity contribution in [2.75, 3.05) is 6.54 Å². The molecule has 1 aromatic carbocycles. The first-order valence-corrected chi connectivity index (χ1v) is 5.92. The Kier molecular flexibility index (Phi) is 3.29. The average molecular weight is 229 g/mol. The average Bonchev–Trinajstić information content (AvgIpc) is 2.66. The van der Waals surface area contributed by atoms with Gasteiger partial charge in [0.05, 0.1) is 6.20 Å². The summed E-state index contributed by atoms with van der Waals surface area (Å²) >= 11 is 0. The van der Waals surface area contributed by atoms with E-state index in [2.05, 4.69) is 37.1 Å². The lowest BCUT2D eigenvalue weighted by Gasteiger charge is -2.07. The smallest absolute Gasteiger partial charge is 0.0571 e. The Labute approximate surface area is 102 Å². The van der Waals surface area contributed by atoms with Gasteiger partial charge in [-0.15, -0.1) is 0 Å². The van der Waals surface area contributed by atoms with Crippen molar-refractivity contribution in [1.82, 2.24) is 9.78 Å². The molecule has 0 saturated carbocycles. The molecular weight excluding hydrogens is 210 g/mol. The van der Waals surface area contributed by atoms with E-state index in [0.29, 0.717) is 6.54 Å². The minimum atomic E-state index is 0.650. The molecule has 0 bridgehead atoms. The zero-order chi connectivity index (χ0) is 12.4. The fourth-order valence-corrected chi connectivity index (χ4v) is 2.05. The molecule has 0 radical (unpaired) electrons. The van der Waals surface area contributed by atoms with E-state index in [-0.39, 0.29) is 0 Å². The largest absolute Gasteiger partial charge is 0.330 e. The third-order valence-electron chi connectivity index (χ3n) is 3.26. The van der Waals surface area contributed by atoms with Crippen molar-refractivity contribution in [2.24, 2.45) is 12.8 Å². The summed E-state index contributed by atoms with van der Waals surface area (Å²) in [6, 6.07) is 6.52. The molecule has 3 nitrogen and oxygen atoms in total. The predicted octanol–water partition coefficient (Wildman–Crippen LogP) is 2.21. The molecule has 90 valence electrons. The maximum absolute atomic E-state index is 5.65. The van der Waals surface area contributed by atoms with Crippen LogP contribution in [0.3, 0.4) is 0 Å². The number of hydrogen-bond acceptors (Lipinski definition) is 2. The van der Waals surface area contributed by atoms with Crippen molar-refractivity contribution in [3.63, 3.8) is 0 Å². The van der Waals surface area contributed by atoms with Gasteiger partial charge in [0.2, 0.25) is 0 Å². The number of rotatable bonds is 3. The lowest BCUT2D eigenvalue weighted by Crippen LogP contribution is -2.08. The van der Waals surface area contributed by atoms with Crippen molar-refractivity contribution in [2.45, 2.75) is 20.3 Å². The molecule has 0 aliphatic carbocycles. The highest BCUT2D eigenvalue weighted by atomic mass is 15.3. The van der Waals surface area contributed by atoms with Crippen molar-refractivity contribution < 1.29 is 0 Å². The second-order valence-electron chi connectivity index (χ2n) is 4.47. The van der Waals surface area contributed by atoms with Crippen LogP contribution in [-0.4, -0.2) is 16.3 Å². The van der Waals surface area contributed by atoms with Gasteiger partial charge < -0.3 is 5.73 Å². The molecule has 1 aromatic heterocycles. The topological polar surface area (TPSA) is 43.8 Å². The molecule has 3 heteroatoms. The third kappa shape index (κ3) is 2.24. The van der Waals surface area contributed by atoms with Crippen LogP contribution in [0.4, 0.5) is 0 Å². The monoisotopic (exact) mass is 229 g/mol. The van der Waals surface area contributed by atoms with Gasteiger partial charge in [-0.3, -0.25) is 4.68 Å². The van der Waals surface area contributed by atoms with E-state index < -0.39 is 0 Å². The van der Waals surface area contributed by atoms with Gasteiger partial charge in [-0.05, 0) is 37.1 Å². The summed E-state index contributed by atoms with van der Waals surface area (Å²) in [5, 5.41) is 4.32. The first kappa shape index (κ1) is 11.9. The Hall–Kier alpha value is -1.61. The highest BCUT2D eigenvalue weighted by molar-refractivity contribution is 5.66. The van der Waals surface area contributed by atoms with E-state index >= 15 is 0 Å². The lowest BCUT2D eigenvalue weighted by atomic mass is 10.00. The molecule has 0 fully saturated rings. The third-order valence-corrected chi connectivity index (χ3v) is 3.26. The quantitative estimate of drug-likeness (QED) is 0.877. The SMILES string of the molecule is Cc1ccc(-c2cnn(C)c2CCN)cc1C. The van der Waals surface area contributed by atoms with Gasteiger partial charge >= 0.3 is 0 Å². The van der Waals surface area contributed by atoms with Crippen LogP contribution >= 0.6 is 0 Å². The van der Waals surface area contributed by atoms with Crippen LogP contribution in [0.15, 0.2) is 24.4 Å². The Balaban J connectivity index is 2.48. The number of aromatic nitrogens is 2. The summed E-state index contributed by atoms with van der Waals surface area (Å²) in [6.45, 7) is 4.92. The summed E-state index contributed by atoms with van der Waals surface area (Å²) in [4.78, 5) is 0. The highest BCUT2D eigenvalue weighted by Crippen LogP contribution is 2.25. The van der Waals surface area contributed by atoms with E-state index in [1.165, 1.54) is 27.9 Å². The van der Waals surface area contributed by atoms with Crippen LogP contribution in [0, 0.1) is 13.8 Å². The Morgan fingerprint density at radius 3 is 2.65 bits per heavy atom. The van der Waals surface area contributed by atoms with Crippen molar-refractivity contribution >= 4 is 0 Å². The van der Waals surface area contributed by atoms with Crippen molar-refractivity contribution in [1.29, 1.82) is 0 Å². The summed E-state index contributed by atoms with van der Waals surface area (Å²) < 4.78 is 1.91. The molecule has 0 aliphatic heterocycles. The van der Waals surface area contributed by atoms with Crippen LogP contribution in [0.5, 0.6) is 0 Å². The molecule has 0 saturated heterocycles. The minimum absolute atomic E-state index is 0.650. The van der Waals surface area contributed by atoms with Crippen molar-refractivity contribution in [3.05, 3.63) is 41.2 Å². The molecule has 0 amide bonds. The summed E-state index contributed by atoms with van der Waals surface area (Å²) in [5.41, 5.74) is 11.9. The lowest BCUT2D eigenvalue weighted by molar-refractivity contribution is 0.707. The first-order valence-electron chi connectivity index (χ1n) is 5.92. The van der Waals surface area contributed by atoms with E-state index in [4.69, 9.17) is 5.73 Å². The van der Waals surface area contributed by atoms with Gasteiger partial charge in [-0.2, -0.15) is 5.10 Å². The zero-order valence-electron chi connectivity index (χ0n) is 10.7. The zero-order valence-corrected chi connectivity index (χ0v) is 10.7. The maximum atomic E-state index is 5.65. The highest BCUT2D eigenvalue weighted by Gasteiger charge is 2.10. The summed E-state index contributed by atoms with van der Waals surface area (Å²) in [6.07, 6.45) is 2.79. The number of hydrogen-bond donors (Lipinski definition) is 1. The second kappa shape index (κ2) is 4.72. The van der Waals surface area contributed by atoms with Gasteiger partial charge in [-0.1, -0.05) is 18.2 Å². The molecule has 2 N–H and O–H groups in total. The Morgan fingerprint density at radius 1 is 1.24 bits per heavy atom. The normalized spacial score (nSPS) is 10.8. The van der Waals surface area contributed by atoms with Crippen LogP contribution in [0.25, 0.3) is 11.1 Å². The first-order chi connectivity index (χ1) is 8.13. The number of nitrogens with zero attached hydrogens (tertiary/aromatic N) is 2. The van der Waals surface area contributed by atoms with Gasteiger partial charge in [0.1, 0.15) is 0 Å². The minimum Gasteiger partial charge on any atom is -0.330 e. The molecule has 0 aliphatic rings. The van der Waals surface area contributed by atoms with Crippen molar-refractivity contribution in [3.8, 4) is 11.1 Å². The molecule has 0 spiro atoms. The van der Waals surface area contributed by atoms with Crippen LogP contribution in [0.1, 0.15) is 16.8 Å². The number of benzene rings is 1. The molecule has 0 unspecified atom stereocenters. The molecule has 0 atom stereocenters. The van der Waals surface area contributed by atoms with Crippen LogP contribution in [-0.2, 0) is 13.5 Å². The Morgan fingerprint density at radius 2 is 2.00 bits per heavy atom. The standard InChI is InChI=1S/C14H19N3/c1-10-4-5-12(8-11(10)2)13-9-16-17(3)14(13)6-7-15/h4-5,8-9H,6-7,15H2,1-3H3. The van der Waals surface area contributed by atoms with Crippen LogP contribution < -0.4 is 5.73 Å². The molecule has 2 aromatic rings. The van der Waals surface area contributed by atoms with Gasteiger partial charge in [0, 0.05) is 24.7 Å². The molecule has 2 rings (SSSR count). The molecule has 17 heavy (non-hydrogen) atoms. The molecular formula is C14H19N3. The van der Waals surface area contributed by atoms with E-state index in [1.54, 1.807) is 0 Å². The van der Waals surface area contributed by atoms with Gasteiger partial charge in [0.15, 0.2) is 0 Å². The maximum Gasteiger partial charge on any atom is 0.0571 e. The summed E-state index contributed by atoms with van der Waals surface area (Å²) in [5.74, 6) is 0. The van der Waals surface area contributed by atoms with Gasteiger partial charge in [0.25, 0.3) is 0 Å². The fourth-order valence-electron chi connectivity index (χ4n) is 2.05. The van der Waals surface area contributed by atoms with E-state index in [9.17, 15) is 0 Å². The Bertz CT molecular complexity index is 526. The van der Waals surface area contributed by atoms with Crippen LogP contribution in [0.2, 0.25) is 0 Å². The molecule has 1 heterocycles. The van der Waals surface area contributed by atoms with E-state index in [0.717, 1.165) is 6.42 Å². The second-order valence-corrected chi connectivity index (χ2v) is 4.47. The fraction of sp³-hybridized carbons (Fsp3) is 0.357. The number of aryl methyl sites for hydroxylation is 3.